The van der Waals surface area contributed by atoms with Gasteiger partial charge in [0, 0.05) is 25.2 Å². The maximum Gasteiger partial charge on any atom is 0.410 e. The average Bonchev–Trinajstić information content (AvgIpc) is 2.46. The van der Waals surface area contributed by atoms with Crippen LogP contribution >= 0.6 is 0 Å². The number of ether oxygens (including phenoxy) is 2. The van der Waals surface area contributed by atoms with Crippen LogP contribution in [0.1, 0.15) is 39.3 Å². The molecule has 5 heteroatoms. The Morgan fingerprint density at radius 1 is 1.36 bits per heavy atom. The number of hydrogen-bond donors (Lipinski definition) is 1. The summed E-state index contributed by atoms with van der Waals surface area (Å²) in [6.07, 6.45) is -0.273. The van der Waals surface area contributed by atoms with E-state index in [4.69, 9.17) is 9.47 Å². The topological polar surface area (TPSA) is 50.8 Å². The van der Waals surface area contributed by atoms with E-state index >= 15 is 0 Å². The number of piperazine rings is 1. The molecule has 1 unspecified atom stereocenters. The summed E-state index contributed by atoms with van der Waals surface area (Å²) < 4.78 is 11.3. The lowest BCUT2D eigenvalue weighted by Gasteiger charge is -2.37. The van der Waals surface area contributed by atoms with Crippen molar-refractivity contribution in [2.75, 3.05) is 26.2 Å². The van der Waals surface area contributed by atoms with Crippen molar-refractivity contribution in [1.29, 1.82) is 0 Å². The Hall–Kier alpha value is -1.75. The minimum Gasteiger partial charge on any atom is -0.494 e. The first-order chi connectivity index (χ1) is 10.4. The van der Waals surface area contributed by atoms with E-state index in [0.29, 0.717) is 19.7 Å². The van der Waals surface area contributed by atoms with Crippen molar-refractivity contribution < 1.29 is 14.3 Å². The summed E-state index contributed by atoms with van der Waals surface area (Å²) in [4.78, 5) is 14.3. The Kier molecular flexibility index (Phi) is 5.29. The molecule has 0 aromatic heterocycles. The van der Waals surface area contributed by atoms with E-state index < -0.39 is 5.60 Å². The van der Waals surface area contributed by atoms with Gasteiger partial charge in [-0.3, -0.25) is 4.90 Å². The smallest absolute Gasteiger partial charge is 0.410 e. The third kappa shape index (κ3) is 4.13. The highest BCUT2D eigenvalue weighted by Gasteiger charge is 2.32. The lowest BCUT2D eigenvalue weighted by Crippen LogP contribution is -2.50. The quantitative estimate of drug-likeness (QED) is 0.933. The van der Waals surface area contributed by atoms with Crippen molar-refractivity contribution in [2.45, 2.75) is 39.3 Å². The molecule has 1 aliphatic rings. The second-order valence-corrected chi connectivity index (χ2v) is 6.36. The van der Waals surface area contributed by atoms with Crippen LogP contribution in [0.4, 0.5) is 4.79 Å². The molecule has 1 atom stereocenters. The van der Waals surface area contributed by atoms with E-state index in [1.165, 1.54) is 0 Å². The highest BCUT2D eigenvalue weighted by Crippen LogP contribution is 2.31. The minimum atomic E-state index is -0.494. The van der Waals surface area contributed by atoms with Gasteiger partial charge in [-0.2, -0.15) is 0 Å². The molecule has 0 bridgehead atoms. The van der Waals surface area contributed by atoms with Crippen LogP contribution in [0, 0.1) is 0 Å². The molecule has 1 amide bonds. The second kappa shape index (κ2) is 7.01. The van der Waals surface area contributed by atoms with Crippen LogP contribution in [0.2, 0.25) is 0 Å². The van der Waals surface area contributed by atoms with Crippen molar-refractivity contribution >= 4 is 6.09 Å². The molecule has 1 heterocycles. The SMILES string of the molecule is CCOc1ccccc1C1CNCCN1C(=O)OC(C)(C)C. The molecule has 1 aromatic carbocycles. The average molecular weight is 306 g/mol. The summed E-state index contributed by atoms with van der Waals surface area (Å²) in [6.45, 7) is 10.3. The third-order valence-electron chi connectivity index (χ3n) is 3.45. The van der Waals surface area contributed by atoms with Gasteiger partial charge in [-0.15, -0.1) is 0 Å². The Bertz CT molecular complexity index is 511. The fraction of sp³-hybridized carbons (Fsp3) is 0.588. The number of para-hydroxylation sites is 1. The maximum atomic E-state index is 12.5. The van der Waals surface area contributed by atoms with E-state index in [-0.39, 0.29) is 12.1 Å². The van der Waals surface area contributed by atoms with Crippen molar-refractivity contribution in [3.8, 4) is 5.75 Å². The van der Waals surface area contributed by atoms with Crippen LogP contribution in [0.5, 0.6) is 5.75 Å². The predicted molar refractivity (Wildman–Crippen MR) is 86.2 cm³/mol. The zero-order chi connectivity index (χ0) is 16.2. The lowest BCUT2D eigenvalue weighted by molar-refractivity contribution is 0.0115. The molecule has 1 aromatic rings. The molecule has 1 fully saturated rings. The zero-order valence-corrected chi connectivity index (χ0v) is 13.9. The number of rotatable bonds is 3. The molecular formula is C17H26N2O3. The van der Waals surface area contributed by atoms with Crippen LogP contribution in [0.15, 0.2) is 24.3 Å². The van der Waals surface area contributed by atoms with Gasteiger partial charge in [0.05, 0.1) is 12.6 Å². The maximum absolute atomic E-state index is 12.5. The largest absolute Gasteiger partial charge is 0.494 e. The molecule has 0 saturated carbocycles. The fourth-order valence-electron chi connectivity index (χ4n) is 2.56. The van der Waals surface area contributed by atoms with E-state index in [1.54, 1.807) is 4.90 Å². The number of benzene rings is 1. The standard InChI is InChI=1S/C17H26N2O3/c1-5-21-15-9-7-6-8-13(15)14-12-18-10-11-19(14)16(20)22-17(2,3)4/h6-9,14,18H,5,10-12H2,1-4H3. The van der Waals surface area contributed by atoms with Crippen molar-refractivity contribution in [3.63, 3.8) is 0 Å². The van der Waals surface area contributed by atoms with Gasteiger partial charge in [0.15, 0.2) is 0 Å². The van der Waals surface area contributed by atoms with Gasteiger partial charge >= 0.3 is 6.09 Å². The molecular weight excluding hydrogens is 280 g/mol. The number of carbonyl (C=O) groups excluding carboxylic acids is 1. The summed E-state index contributed by atoms with van der Waals surface area (Å²) in [7, 11) is 0. The molecule has 2 rings (SSSR count). The van der Waals surface area contributed by atoms with Gasteiger partial charge in [0.2, 0.25) is 0 Å². The highest BCUT2D eigenvalue weighted by molar-refractivity contribution is 5.69. The minimum absolute atomic E-state index is 0.0775. The third-order valence-corrected chi connectivity index (χ3v) is 3.45. The van der Waals surface area contributed by atoms with Gasteiger partial charge in [0.25, 0.3) is 0 Å². The molecule has 22 heavy (non-hydrogen) atoms. The van der Waals surface area contributed by atoms with Crippen molar-refractivity contribution in [3.05, 3.63) is 29.8 Å². The highest BCUT2D eigenvalue weighted by atomic mass is 16.6. The molecule has 0 aliphatic carbocycles. The van der Waals surface area contributed by atoms with Crippen LogP contribution in [0.3, 0.4) is 0 Å². The van der Waals surface area contributed by atoms with Crippen molar-refractivity contribution in [2.24, 2.45) is 0 Å². The number of carbonyl (C=O) groups is 1. The zero-order valence-electron chi connectivity index (χ0n) is 13.9. The number of nitrogens with one attached hydrogen (secondary N) is 1. The Morgan fingerprint density at radius 3 is 2.77 bits per heavy atom. The number of amides is 1. The normalized spacial score (nSPS) is 18.9. The monoisotopic (exact) mass is 306 g/mol. The molecule has 5 nitrogen and oxygen atoms in total. The molecule has 1 saturated heterocycles. The van der Waals surface area contributed by atoms with E-state index in [1.807, 2.05) is 52.0 Å². The fourth-order valence-corrected chi connectivity index (χ4v) is 2.56. The predicted octanol–water partition coefficient (Wildman–Crippen LogP) is 2.97. The van der Waals surface area contributed by atoms with Crippen molar-refractivity contribution in [1.82, 2.24) is 10.2 Å². The van der Waals surface area contributed by atoms with Crippen LogP contribution < -0.4 is 10.1 Å². The summed E-state index contributed by atoms with van der Waals surface area (Å²) >= 11 is 0. The first kappa shape index (κ1) is 16.6. The number of hydrogen-bond acceptors (Lipinski definition) is 4. The van der Waals surface area contributed by atoms with Gasteiger partial charge in [-0.25, -0.2) is 4.79 Å². The van der Waals surface area contributed by atoms with E-state index in [2.05, 4.69) is 5.32 Å². The van der Waals surface area contributed by atoms with E-state index in [0.717, 1.165) is 17.9 Å². The van der Waals surface area contributed by atoms with Crippen LogP contribution in [0.25, 0.3) is 0 Å². The summed E-state index contributed by atoms with van der Waals surface area (Å²) in [5.41, 5.74) is 0.522. The summed E-state index contributed by atoms with van der Waals surface area (Å²) in [6, 6.07) is 7.80. The molecule has 0 spiro atoms. The Balaban J connectivity index is 2.25. The van der Waals surface area contributed by atoms with Gasteiger partial charge in [-0.1, -0.05) is 18.2 Å². The molecule has 1 N–H and O–H groups in total. The summed E-state index contributed by atoms with van der Waals surface area (Å²) in [5.74, 6) is 0.826. The van der Waals surface area contributed by atoms with Gasteiger partial charge in [0.1, 0.15) is 11.4 Å². The Morgan fingerprint density at radius 2 is 2.09 bits per heavy atom. The van der Waals surface area contributed by atoms with Crippen LogP contribution in [-0.2, 0) is 4.74 Å². The first-order valence-electron chi connectivity index (χ1n) is 7.84. The van der Waals surface area contributed by atoms with Crippen LogP contribution in [-0.4, -0.2) is 42.8 Å². The van der Waals surface area contributed by atoms with Gasteiger partial charge < -0.3 is 14.8 Å². The summed E-state index contributed by atoms with van der Waals surface area (Å²) in [5, 5.41) is 3.35. The Labute approximate surface area is 132 Å². The first-order valence-corrected chi connectivity index (χ1v) is 7.84. The second-order valence-electron chi connectivity index (χ2n) is 6.36. The molecule has 1 aliphatic heterocycles. The van der Waals surface area contributed by atoms with Gasteiger partial charge in [-0.05, 0) is 33.8 Å². The van der Waals surface area contributed by atoms with E-state index in [9.17, 15) is 4.79 Å². The number of nitrogens with zero attached hydrogens (tertiary/aromatic N) is 1. The molecule has 122 valence electrons. The molecule has 0 radical (unpaired) electrons. The lowest BCUT2D eigenvalue weighted by atomic mass is 10.0.